The summed E-state index contributed by atoms with van der Waals surface area (Å²) in [4.78, 5) is 61.8. The second-order valence-corrected chi connectivity index (χ2v) is 9.32. The van der Waals surface area contributed by atoms with Gasteiger partial charge in [0.1, 0.15) is 18.1 Å². The zero-order valence-corrected chi connectivity index (χ0v) is 22.1. The molecule has 0 radical (unpaired) electrons. The summed E-state index contributed by atoms with van der Waals surface area (Å²) in [6, 6.07) is 4.08. The molecular weight excluding hydrogens is 508 g/mol. The Balaban J connectivity index is 3.00. The van der Waals surface area contributed by atoms with Crippen molar-refractivity contribution in [1.29, 1.82) is 0 Å². The molecule has 0 aromatic heterocycles. The van der Waals surface area contributed by atoms with Crippen LogP contribution in [-0.4, -0.2) is 77.1 Å². The Hall–Kier alpha value is -3.55. The first kappa shape index (κ1) is 33.5. The van der Waals surface area contributed by atoms with E-state index in [1.54, 1.807) is 30.3 Å². The molecule has 3 amide bonds. The summed E-state index contributed by atoms with van der Waals surface area (Å²) in [5, 5.41) is 26.3. The maximum Gasteiger partial charge on any atom is 0.326 e. The number of carboxylic acid groups (broad SMARTS) is 2. The van der Waals surface area contributed by atoms with Crippen LogP contribution in [0.2, 0.25) is 0 Å². The van der Waals surface area contributed by atoms with Crippen molar-refractivity contribution in [2.24, 2.45) is 17.2 Å². The van der Waals surface area contributed by atoms with E-state index in [2.05, 4.69) is 16.0 Å². The van der Waals surface area contributed by atoms with Gasteiger partial charge in [-0.2, -0.15) is 0 Å². The topological polar surface area (TPSA) is 240 Å². The third-order valence-corrected chi connectivity index (χ3v) is 6.06. The summed E-state index contributed by atoms with van der Waals surface area (Å²) < 4.78 is 0. The van der Waals surface area contributed by atoms with Gasteiger partial charge in [0.2, 0.25) is 17.7 Å². The molecule has 13 heteroatoms. The average molecular weight is 551 g/mol. The zero-order valence-electron chi connectivity index (χ0n) is 22.1. The summed E-state index contributed by atoms with van der Waals surface area (Å²) in [6.07, 6.45) is 2.26. The number of carbonyl (C=O) groups is 5. The van der Waals surface area contributed by atoms with Crippen LogP contribution in [0.3, 0.4) is 0 Å². The van der Waals surface area contributed by atoms with E-state index in [1.807, 2.05) is 0 Å². The Morgan fingerprint density at radius 1 is 0.692 bits per heavy atom. The summed E-state index contributed by atoms with van der Waals surface area (Å²) in [5.74, 6) is -4.59. The Labute approximate surface area is 228 Å². The number of aliphatic carboxylic acids is 2. The molecule has 13 nitrogen and oxygen atoms in total. The van der Waals surface area contributed by atoms with Crippen LogP contribution in [0.15, 0.2) is 30.3 Å². The Kier molecular flexibility index (Phi) is 16.0. The summed E-state index contributed by atoms with van der Waals surface area (Å²) >= 11 is 0. The Morgan fingerprint density at radius 2 is 1.21 bits per heavy atom. The van der Waals surface area contributed by atoms with Crippen molar-refractivity contribution in [2.45, 2.75) is 82.0 Å². The van der Waals surface area contributed by atoms with Crippen molar-refractivity contribution in [3.8, 4) is 0 Å². The zero-order chi connectivity index (χ0) is 29.2. The number of nitrogens with one attached hydrogen (secondary N) is 3. The van der Waals surface area contributed by atoms with Gasteiger partial charge < -0.3 is 43.4 Å². The molecule has 4 unspecified atom stereocenters. The van der Waals surface area contributed by atoms with E-state index in [9.17, 15) is 29.1 Å². The molecule has 0 saturated carbocycles. The highest BCUT2D eigenvalue weighted by Gasteiger charge is 2.30. The molecule has 1 rings (SSSR count). The van der Waals surface area contributed by atoms with E-state index in [1.165, 1.54) is 0 Å². The normalized spacial score (nSPS) is 13.9. The summed E-state index contributed by atoms with van der Waals surface area (Å²) in [6.45, 7) is 0.842. The van der Waals surface area contributed by atoms with Gasteiger partial charge in [-0.05, 0) is 57.2 Å². The first-order valence-corrected chi connectivity index (χ1v) is 13.1. The highest BCUT2D eigenvalue weighted by atomic mass is 16.4. The predicted molar refractivity (Wildman–Crippen MR) is 144 cm³/mol. The minimum atomic E-state index is -1.35. The highest BCUT2D eigenvalue weighted by molar-refractivity contribution is 5.94. The fourth-order valence-electron chi connectivity index (χ4n) is 3.81. The summed E-state index contributed by atoms with van der Waals surface area (Å²) in [7, 11) is 0. The lowest BCUT2D eigenvalue weighted by Crippen LogP contribution is -2.57. The number of hydrogen-bond acceptors (Lipinski definition) is 8. The molecule has 0 aliphatic carbocycles. The second-order valence-electron chi connectivity index (χ2n) is 9.32. The maximum absolute atomic E-state index is 13.2. The molecule has 39 heavy (non-hydrogen) atoms. The minimum Gasteiger partial charge on any atom is -0.481 e. The maximum atomic E-state index is 13.2. The lowest BCUT2D eigenvalue weighted by Gasteiger charge is -2.25. The number of carbonyl (C=O) groups excluding carboxylic acids is 3. The lowest BCUT2D eigenvalue weighted by molar-refractivity contribution is -0.143. The summed E-state index contributed by atoms with van der Waals surface area (Å²) in [5.41, 5.74) is 17.6. The largest absolute Gasteiger partial charge is 0.481 e. The number of amides is 3. The fourth-order valence-corrected chi connectivity index (χ4v) is 3.81. The standard InChI is InChI=1S/C26H42N6O7/c27-14-6-4-10-18(29)23(35)30-19(11-5-7-15-28)24(36)31-20(12-13-22(33)34)25(37)32-21(26(38)39)16-17-8-2-1-3-9-17/h1-3,8-9,18-21H,4-7,10-16,27-29H2,(H,30,35)(H,31,36)(H,32,37)(H,33,34)(H,38,39). The fraction of sp³-hybridized carbons (Fsp3) is 0.577. The van der Waals surface area contributed by atoms with E-state index in [0.29, 0.717) is 50.8 Å². The highest BCUT2D eigenvalue weighted by Crippen LogP contribution is 2.08. The number of hydrogen-bond donors (Lipinski definition) is 8. The smallest absolute Gasteiger partial charge is 0.326 e. The van der Waals surface area contributed by atoms with Crippen LogP contribution in [0.4, 0.5) is 0 Å². The van der Waals surface area contributed by atoms with E-state index in [4.69, 9.17) is 22.3 Å². The number of rotatable bonds is 20. The molecule has 0 saturated heterocycles. The number of benzene rings is 1. The molecular formula is C26H42N6O7. The molecule has 0 fully saturated rings. The predicted octanol–water partition coefficient (Wildman–Crippen LogP) is -0.782. The lowest BCUT2D eigenvalue weighted by atomic mass is 10.0. The molecule has 0 bridgehead atoms. The van der Waals surface area contributed by atoms with Gasteiger partial charge in [0.15, 0.2) is 0 Å². The van der Waals surface area contributed by atoms with Gasteiger partial charge >= 0.3 is 11.9 Å². The van der Waals surface area contributed by atoms with Crippen LogP contribution in [0, 0.1) is 0 Å². The molecule has 0 heterocycles. The van der Waals surface area contributed by atoms with Gasteiger partial charge in [-0.1, -0.05) is 36.8 Å². The van der Waals surface area contributed by atoms with Gasteiger partial charge in [-0.25, -0.2) is 4.79 Å². The van der Waals surface area contributed by atoms with E-state index >= 15 is 0 Å². The van der Waals surface area contributed by atoms with E-state index in [-0.39, 0.29) is 19.3 Å². The van der Waals surface area contributed by atoms with Crippen molar-refractivity contribution < 1.29 is 34.2 Å². The van der Waals surface area contributed by atoms with Gasteiger partial charge in [-0.3, -0.25) is 19.2 Å². The van der Waals surface area contributed by atoms with Crippen molar-refractivity contribution >= 4 is 29.7 Å². The number of carboxylic acids is 2. The van der Waals surface area contributed by atoms with Gasteiger partial charge in [0, 0.05) is 12.8 Å². The number of unbranched alkanes of at least 4 members (excludes halogenated alkanes) is 2. The SMILES string of the molecule is NCCCCC(N)C(=O)NC(CCCCN)C(=O)NC(CCC(=O)O)C(=O)NC(Cc1ccccc1)C(=O)O. The Morgan fingerprint density at radius 3 is 1.74 bits per heavy atom. The Bertz CT molecular complexity index is 931. The van der Waals surface area contributed by atoms with E-state index in [0.717, 1.165) is 0 Å². The van der Waals surface area contributed by atoms with Crippen molar-refractivity contribution in [3.63, 3.8) is 0 Å². The first-order valence-electron chi connectivity index (χ1n) is 13.1. The third kappa shape index (κ3) is 13.7. The van der Waals surface area contributed by atoms with Crippen molar-refractivity contribution in [3.05, 3.63) is 35.9 Å². The molecule has 218 valence electrons. The molecule has 0 spiro atoms. The van der Waals surface area contributed by atoms with Crippen molar-refractivity contribution in [1.82, 2.24) is 16.0 Å². The molecule has 11 N–H and O–H groups in total. The monoisotopic (exact) mass is 550 g/mol. The van der Waals surface area contributed by atoms with Gasteiger partial charge in [0.25, 0.3) is 0 Å². The third-order valence-electron chi connectivity index (χ3n) is 6.06. The molecule has 0 aliphatic heterocycles. The van der Waals surface area contributed by atoms with Crippen molar-refractivity contribution in [2.75, 3.05) is 13.1 Å². The quantitative estimate of drug-likeness (QED) is 0.0941. The molecule has 4 atom stereocenters. The molecule has 1 aromatic rings. The number of nitrogens with two attached hydrogens (primary N) is 3. The van der Waals surface area contributed by atoms with Gasteiger partial charge in [0.05, 0.1) is 6.04 Å². The van der Waals surface area contributed by atoms with Crippen LogP contribution < -0.4 is 33.2 Å². The molecule has 1 aromatic carbocycles. The van der Waals surface area contributed by atoms with Gasteiger partial charge in [-0.15, -0.1) is 0 Å². The second kappa shape index (κ2) is 18.7. The minimum absolute atomic E-state index is 0.0126. The van der Waals surface area contributed by atoms with Crippen LogP contribution in [0.25, 0.3) is 0 Å². The first-order chi connectivity index (χ1) is 18.6. The van der Waals surface area contributed by atoms with Crippen LogP contribution in [0.5, 0.6) is 0 Å². The van der Waals surface area contributed by atoms with Crippen LogP contribution in [0.1, 0.15) is 56.9 Å². The average Bonchev–Trinajstić information content (AvgIpc) is 2.90. The van der Waals surface area contributed by atoms with Crippen LogP contribution in [-0.2, 0) is 30.4 Å². The van der Waals surface area contributed by atoms with E-state index < -0.39 is 60.2 Å². The molecule has 0 aliphatic rings. The van der Waals surface area contributed by atoms with Crippen LogP contribution >= 0.6 is 0 Å².